The van der Waals surface area contributed by atoms with E-state index in [4.69, 9.17) is 4.74 Å². The maximum Gasteiger partial charge on any atom is 0.251 e. The van der Waals surface area contributed by atoms with Crippen LogP contribution in [-0.2, 0) is 4.74 Å². The standard InChI is InChI=1S/C17H26N2O2/c1-4-9-18-14-6-7-15(13(2)11-14)16(20)19-12-17(3)8-5-10-21-17/h6-7,11,18H,4-5,8-10,12H2,1-3H3,(H,19,20). The molecule has 2 rings (SSSR count). The smallest absolute Gasteiger partial charge is 0.251 e. The van der Waals surface area contributed by atoms with Crippen molar-refractivity contribution in [2.45, 2.75) is 45.6 Å². The SMILES string of the molecule is CCCNc1ccc(C(=O)NCC2(C)CCCO2)c(C)c1. The van der Waals surface area contributed by atoms with Gasteiger partial charge in [0.15, 0.2) is 0 Å². The van der Waals surface area contributed by atoms with Gasteiger partial charge in [-0.05, 0) is 56.9 Å². The normalized spacial score (nSPS) is 21.3. The molecule has 1 aliphatic heterocycles. The van der Waals surface area contributed by atoms with Gasteiger partial charge in [-0.3, -0.25) is 4.79 Å². The van der Waals surface area contributed by atoms with E-state index in [1.54, 1.807) is 0 Å². The second-order valence-electron chi connectivity index (χ2n) is 6.04. The molecule has 0 radical (unpaired) electrons. The fourth-order valence-corrected chi connectivity index (χ4v) is 2.64. The van der Waals surface area contributed by atoms with Crippen LogP contribution in [0, 0.1) is 6.92 Å². The number of ether oxygens (including phenoxy) is 1. The van der Waals surface area contributed by atoms with E-state index in [9.17, 15) is 4.79 Å². The van der Waals surface area contributed by atoms with Crippen molar-refractivity contribution < 1.29 is 9.53 Å². The summed E-state index contributed by atoms with van der Waals surface area (Å²) in [5, 5.41) is 6.33. The van der Waals surface area contributed by atoms with E-state index in [0.29, 0.717) is 6.54 Å². The molecule has 116 valence electrons. The van der Waals surface area contributed by atoms with Crippen molar-refractivity contribution in [3.63, 3.8) is 0 Å². The van der Waals surface area contributed by atoms with Crippen LogP contribution >= 0.6 is 0 Å². The summed E-state index contributed by atoms with van der Waals surface area (Å²) in [6.45, 7) is 8.48. The van der Waals surface area contributed by atoms with Gasteiger partial charge in [0.25, 0.3) is 5.91 Å². The largest absolute Gasteiger partial charge is 0.385 e. The van der Waals surface area contributed by atoms with Crippen molar-refractivity contribution in [3.8, 4) is 0 Å². The molecule has 1 saturated heterocycles. The lowest BCUT2D eigenvalue weighted by atomic mass is 10.0. The lowest BCUT2D eigenvalue weighted by Crippen LogP contribution is -2.40. The van der Waals surface area contributed by atoms with Gasteiger partial charge in [0, 0.05) is 30.9 Å². The van der Waals surface area contributed by atoms with E-state index < -0.39 is 0 Å². The van der Waals surface area contributed by atoms with Crippen molar-refractivity contribution in [1.82, 2.24) is 5.32 Å². The van der Waals surface area contributed by atoms with Crippen molar-refractivity contribution in [2.75, 3.05) is 25.0 Å². The van der Waals surface area contributed by atoms with E-state index >= 15 is 0 Å². The number of amides is 1. The number of nitrogens with one attached hydrogen (secondary N) is 2. The third-order valence-electron chi connectivity index (χ3n) is 3.97. The molecule has 1 fully saturated rings. The number of anilines is 1. The molecule has 2 N–H and O–H groups in total. The quantitative estimate of drug-likeness (QED) is 0.846. The minimum atomic E-state index is -0.202. The highest BCUT2D eigenvalue weighted by Gasteiger charge is 2.30. The molecule has 1 aromatic rings. The zero-order valence-electron chi connectivity index (χ0n) is 13.3. The molecule has 1 atom stereocenters. The summed E-state index contributed by atoms with van der Waals surface area (Å²) >= 11 is 0. The van der Waals surface area contributed by atoms with Crippen LogP contribution in [-0.4, -0.2) is 31.2 Å². The Bertz CT molecular complexity index is 494. The highest BCUT2D eigenvalue weighted by atomic mass is 16.5. The maximum atomic E-state index is 12.3. The fourth-order valence-electron chi connectivity index (χ4n) is 2.64. The van der Waals surface area contributed by atoms with Crippen molar-refractivity contribution in [3.05, 3.63) is 29.3 Å². The van der Waals surface area contributed by atoms with Crippen LogP contribution in [0.5, 0.6) is 0 Å². The second-order valence-corrected chi connectivity index (χ2v) is 6.04. The molecular formula is C17H26N2O2. The molecule has 0 spiro atoms. The Hall–Kier alpha value is -1.55. The van der Waals surface area contributed by atoms with E-state index in [0.717, 1.165) is 49.2 Å². The third kappa shape index (κ3) is 4.21. The number of hydrogen-bond acceptors (Lipinski definition) is 3. The maximum absolute atomic E-state index is 12.3. The topological polar surface area (TPSA) is 50.4 Å². The number of hydrogen-bond donors (Lipinski definition) is 2. The van der Waals surface area contributed by atoms with Gasteiger partial charge in [-0.25, -0.2) is 0 Å². The van der Waals surface area contributed by atoms with Crippen molar-refractivity contribution >= 4 is 11.6 Å². The molecule has 1 heterocycles. The molecule has 4 nitrogen and oxygen atoms in total. The predicted octanol–water partition coefficient (Wildman–Crippen LogP) is 3.12. The van der Waals surface area contributed by atoms with E-state index in [2.05, 4.69) is 24.5 Å². The molecule has 1 amide bonds. The molecule has 0 aliphatic carbocycles. The Morgan fingerprint density at radius 2 is 2.24 bits per heavy atom. The highest BCUT2D eigenvalue weighted by molar-refractivity contribution is 5.96. The molecule has 0 bridgehead atoms. The van der Waals surface area contributed by atoms with E-state index in [1.807, 2.05) is 25.1 Å². The number of rotatable bonds is 6. The molecule has 0 aromatic heterocycles. The number of aryl methyl sites for hydroxylation is 1. The van der Waals surface area contributed by atoms with Gasteiger partial charge in [0.2, 0.25) is 0 Å². The van der Waals surface area contributed by atoms with Gasteiger partial charge in [0.1, 0.15) is 0 Å². The lowest BCUT2D eigenvalue weighted by molar-refractivity contribution is 0.0206. The van der Waals surface area contributed by atoms with Crippen LogP contribution in [0.3, 0.4) is 0 Å². The van der Waals surface area contributed by atoms with Crippen molar-refractivity contribution in [2.24, 2.45) is 0 Å². The molecular weight excluding hydrogens is 264 g/mol. The summed E-state index contributed by atoms with van der Waals surface area (Å²) in [4.78, 5) is 12.3. The summed E-state index contributed by atoms with van der Waals surface area (Å²) in [5.74, 6) is -0.0220. The summed E-state index contributed by atoms with van der Waals surface area (Å²) in [6.07, 6.45) is 3.16. The van der Waals surface area contributed by atoms with Crippen LogP contribution < -0.4 is 10.6 Å². The molecule has 0 saturated carbocycles. The Morgan fingerprint density at radius 3 is 2.86 bits per heavy atom. The van der Waals surface area contributed by atoms with Gasteiger partial charge in [-0.2, -0.15) is 0 Å². The molecule has 4 heteroatoms. The minimum Gasteiger partial charge on any atom is -0.385 e. The predicted molar refractivity (Wildman–Crippen MR) is 85.9 cm³/mol. The molecule has 21 heavy (non-hydrogen) atoms. The third-order valence-corrected chi connectivity index (χ3v) is 3.97. The number of carbonyl (C=O) groups is 1. The lowest BCUT2D eigenvalue weighted by Gasteiger charge is -2.23. The average Bonchev–Trinajstić information content (AvgIpc) is 2.90. The number of benzene rings is 1. The molecule has 1 unspecified atom stereocenters. The van der Waals surface area contributed by atoms with Crippen LogP contribution in [0.2, 0.25) is 0 Å². The molecule has 1 aliphatic rings. The zero-order chi connectivity index (χ0) is 15.3. The van der Waals surface area contributed by atoms with E-state index in [1.165, 1.54) is 0 Å². The first-order chi connectivity index (χ1) is 10.0. The minimum absolute atomic E-state index is 0.0220. The van der Waals surface area contributed by atoms with Crippen LogP contribution in [0.4, 0.5) is 5.69 Å². The average molecular weight is 290 g/mol. The Balaban J connectivity index is 1.95. The summed E-state index contributed by atoms with van der Waals surface area (Å²) in [6, 6.07) is 5.88. The van der Waals surface area contributed by atoms with Crippen LogP contribution in [0.25, 0.3) is 0 Å². The van der Waals surface area contributed by atoms with Crippen molar-refractivity contribution in [1.29, 1.82) is 0 Å². The zero-order valence-corrected chi connectivity index (χ0v) is 13.3. The first-order valence-electron chi connectivity index (χ1n) is 7.81. The monoisotopic (exact) mass is 290 g/mol. The summed E-state index contributed by atoms with van der Waals surface area (Å²) in [7, 11) is 0. The fraction of sp³-hybridized carbons (Fsp3) is 0.588. The Kier molecular flexibility index (Phi) is 5.23. The Morgan fingerprint density at radius 1 is 1.43 bits per heavy atom. The van der Waals surface area contributed by atoms with Gasteiger partial charge in [-0.15, -0.1) is 0 Å². The van der Waals surface area contributed by atoms with Gasteiger partial charge in [0.05, 0.1) is 5.60 Å². The molecule has 1 aromatic carbocycles. The summed E-state index contributed by atoms with van der Waals surface area (Å²) < 4.78 is 5.70. The highest BCUT2D eigenvalue weighted by Crippen LogP contribution is 2.24. The van der Waals surface area contributed by atoms with Gasteiger partial charge in [-0.1, -0.05) is 6.92 Å². The second kappa shape index (κ2) is 6.94. The number of carbonyl (C=O) groups excluding carboxylic acids is 1. The first-order valence-corrected chi connectivity index (χ1v) is 7.81. The Labute approximate surface area is 127 Å². The summed E-state index contributed by atoms with van der Waals surface area (Å²) in [5.41, 5.74) is 2.59. The first kappa shape index (κ1) is 15.8. The van der Waals surface area contributed by atoms with Crippen LogP contribution in [0.15, 0.2) is 18.2 Å². The van der Waals surface area contributed by atoms with Gasteiger partial charge < -0.3 is 15.4 Å². The van der Waals surface area contributed by atoms with Gasteiger partial charge >= 0.3 is 0 Å². The van der Waals surface area contributed by atoms with Crippen LogP contribution in [0.1, 0.15) is 49.0 Å². The van der Waals surface area contributed by atoms with E-state index in [-0.39, 0.29) is 11.5 Å².